The average molecular weight is 291 g/mol. The second-order valence-electron chi connectivity index (χ2n) is 4.25. The van der Waals surface area contributed by atoms with E-state index < -0.39 is 0 Å². The van der Waals surface area contributed by atoms with E-state index in [0.29, 0.717) is 22.2 Å². The third kappa shape index (κ3) is 3.41. The molecule has 0 aromatic heterocycles. The zero-order chi connectivity index (χ0) is 13.8. The van der Waals surface area contributed by atoms with Crippen LogP contribution in [0.1, 0.15) is 16.7 Å². The summed E-state index contributed by atoms with van der Waals surface area (Å²) < 4.78 is 0. The fourth-order valence-corrected chi connectivity index (χ4v) is 2.16. The van der Waals surface area contributed by atoms with E-state index in [1.54, 1.807) is 12.1 Å². The highest BCUT2D eigenvalue weighted by Crippen LogP contribution is 2.25. The molecule has 0 amide bonds. The second-order valence-corrected chi connectivity index (χ2v) is 5.07. The molecule has 2 aromatic rings. The molecule has 0 spiro atoms. The molecular weight excluding hydrogens is 279 g/mol. The van der Waals surface area contributed by atoms with Gasteiger partial charge in [0.2, 0.25) is 0 Å². The van der Waals surface area contributed by atoms with Crippen LogP contribution in [0.2, 0.25) is 10.0 Å². The van der Waals surface area contributed by atoms with Gasteiger partial charge in [-0.1, -0.05) is 35.3 Å². The second kappa shape index (κ2) is 5.97. The fourth-order valence-electron chi connectivity index (χ4n) is 1.73. The van der Waals surface area contributed by atoms with Crippen LogP contribution in [0, 0.1) is 18.3 Å². The Morgan fingerprint density at radius 3 is 2.58 bits per heavy atom. The lowest BCUT2D eigenvalue weighted by molar-refractivity contribution is 1.15. The summed E-state index contributed by atoms with van der Waals surface area (Å²) in [6, 6.07) is 13.1. The molecule has 1 N–H and O–H groups in total. The number of benzene rings is 2. The molecule has 2 nitrogen and oxygen atoms in total. The van der Waals surface area contributed by atoms with Crippen molar-refractivity contribution in [3.8, 4) is 6.07 Å². The summed E-state index contributed by atoms with van der Waals surface area (Å²) in [5.41, 5.74) is 3.50. The third-order valence-electron chi connectivity index (χ3n) is 2.77. The van der Waals surface area contributed by atoms with E-state index in [9.17, 15) is 0 Å². The van der Waals surface area contributed by atoms with E-state index in [2.05, 4.69) is 11.4 Å². The summed E-state index contributed by atoms with van der Waals surface area (Å²) >= 11 is 12.2. The van der Waals surface area contributed by atoms with Gasteiger partial charge in [-0.3, -0.25) is 0 Å². The highest BCUT2D eigenvalue weighted by molar-refractivity contribution is 6.33. The maximum Gasteiger partial charge on any atom is 0.0992 e. The van der Waals surface area contributed by atoms with Crippen LogP contribution in [0.3, 0.4) is 0 Å². The summed E-state index contributed by atoms with van der Waals surface area (Å²) in [6.45, 7) is 2.57. The van der Waals surface area contributed by atoms with Gasteiger partial charge in [0.25, 0.3) is 0 Å². The van der Waals surface area contributed by atoms with Gasteiger partial charge in [0, 0.05) is 11.6 Å². The predicted octanol–water partition coefficient (Wildman–Crippen LogP) is 4.79. The van der Waals surface area contributed by atoms with Crippen LogP contribution in [0.5, 0.6) is 0 Å². The molecule has 0 aliphatic rings. The van der Waals surface area contributed by atoms with E-state index >= 15 is 0 Å². The lowest BCUT2D eigenvalue weighted by Gasteiger charge is -2.10. The number of halogens is 2. The molecule has 0 atom stereocenters. The van der Waals surface area contributed by atoms with Crippen molar-refractivity contribution >= 4 is 28.9 Å². The minimum atomic E-state index is 0.558. The van der Waals surface area contributed by atoms with Crippen molar-refractivity contribution in [2.75, 3.05) is 5.32 Å². The average Bonchev–Trinajstić information content (AvgIpc) is 2.40. The molecule has 0 radical (unpaired) electrons. The molecule has 0 aliphatic carbocycles. The molecule has 2 aromatic carbocycles. The van der Waals surface area contributed by atoms with Crippen LogP contribution < -0.4 is 5.32 Å². The number of nitrogens with zero attached hydrogens (tertiary/aromatic N) is 1. The van der Waals surface area contributed by atoms with E-state index in [4.69, 9.17) is 28.5 Å². The summed E-state index contributed by atoms with van der Waals surface area (Å²) in [7, 11) is 0. The van der Waals surface area contributed by atoms with Crippen molar-refractivity contribution in [2.24, 2.45) is 0 Å². The Labute approximate surface area is 122 Å². The number of rotatable bonds is 3. The van der Waals surface area contributed by atoms with Crippen molar-refractivity contribution in [1.82, 2.24) is 0 Å². The number of hydrogen-bond donors (Lipinski definition) is 1. The zero-order valence-corrected chi connectivity index (χ0v) is 11.9. The monoisotopic (exact) mass is 290 g/mol. The predicted molar refractivity (Wildman–Crippen MR) is 79.7 cm³/mol. The first-order valence-electron chi connectivity index (χ1n) is 5.78. The Balaban J connectivity index is 2.15. The molecule has 0 fully saturated rings. The number of anilines is 1. The summed E-state index contributed by atoms with van der Waals surface area (Å²) in [4.78, 5) is 0. The highest BCUT2D eigenvalue weighted by Gasteiger charge is 2.04. The van der Waals surface area contributed by atoms with Crippen molar-refractivity contribution < 1.29 is 0 Å². The minimum Gasteiger partial charge on any atom is -0.380 e. The van der Waals surface area contributed by atoms with E-state index in [-0.39, 0.29) is 0 Å². The van der Waals surface area contributed by atoms with Gasteiger partial charge in [-0.25, -0.2) is 0 Å². The van der Waals surface area contributed by atoms with Crippen LogP contribution in [0.25, 0.3) is 0 Å². The van der Waals surface area contributed by atoms with Crippen molar-refractivity contribution in [1.29, 1.82) is 5.26 Å². The van der Waals surface area contributed by atoms with Gasteiger partial charge in [-0.05, 0) is 42.3 Å². The fraction of sp³-hybridized carbons (Fsp3) is 0.133. The lowest BCUT2D eigenvalue weighted by Crippen LogP contribution is -2.01. The maximum atomic E-state index is 8.79. The molecule has 19 heavy (non-hydrogen) atoms. The van der Waals surface area contributed by atoms with Crippen LogP contribution in [-0.4, -0.2) is 0 Å². The Morgan fingerprint density at radius 2 is 1.89 bits per heavy atom. The number of aryl methyl sites for hydroxylation is 1. The summed E-state index contributed by atoms with van der Waals surface area (Å²) in [5, 5.41) is 13.3. The molecular formula is C15H12Cl2N2. The minimum absolute atomic E-state index is 0.558. The normalized spacial score (nSPS) is 10.0. The van der Waals surface area contributed by atoms with Gasteiger partial charge < -0.3 is 5.32 Å². The Bertz CT molecular complexity index is 645. The Kier molecular flexibility index (Phi) is 4.31. The van der Waals surface area contributed by atoms with Crippen molar-refractivity contribution in [2.45, 2.75) is 13.5 Å². The van der Waals surface area contributed by atoms with Gasteiger partial charge >= 0.3 is 0 Å². The molecule has 96 valence electrons. The SMILES string of the molecule is Cc1ccc(Cl)c(NCc2ccc(C#N)cc2Cl)c1. The van der Waals surface area contributed by atoms with E-state index in [0.717, 1.165) is 16.8 Å². The number of hydrogen-bond acceptors (Lipinski definition) is 2. The maximum absolute atomic E-state index is 8.79. The Morgan fingerprint density at radius 1 is 1.11 bits per heavy atom. The standard InChI is InChI=1S/C15H12Cl2N2/c1-10-2-5-13(16)15(6-10)19-9-12-4-3-11(8-18)7-14(12)17/h2-7,19H,9H2,1H3. The molecule has 4 heteroatoms. The molecule has 0 saturated carbocycles. The van der Waals surface area contributed by atoms with Crippen LogP contribution in [-0.2, 0) is 6.54 Å². The number of nitrogens with one attached hydrogen (secondary N) is 1. The van der Waals surface area contributed by atoms with Gasteiger partial charge in [-0.15, -0.1) is 0 Å². The summed E-state index contributed by atoms with van der Waals surface area (Å²) in [6.07, 6.45) is 0. The van der Waals surface area contributed by atoms with Gasteiger partial charge in [0.15, 0.2) is 0 Å². The largest absolute Gasteiger partial charge is 0.380 e. The first-order chi connectivity index (χ1) is 9.10. The topological polar surface area (TPSA) is 35.8 Å². The third-order valence-corrected chi connectivity index (χ3v) is 3.45. The van der Waals surface area contributed by atoms with Crippen molar-refractivity contribution in [3.63, 3.8) is 0 Å². The highest BCUT2D eigenvalue weighted by atomic mass is 35.5. The van der Waals surface area contributed by atoms with Crippen LogP contribution >= 0.6 is 23.2 Å². The molecule has 0 saturated heterocycles. The van der Waals surface area contributed by atoms with Gasteiger partial charge in [0.05, 0.1) is 22.3 Å². The van der Waals surface area contributed by atoms with E-state index in [1.807, 2.05) is 31.2 Å². The number of nitriles is 1. The quantitative estimate of drug-likeness (QED) is 0.882. The van der Waals surface area contributed by atoms with Crippen LogP contribution in [0.4, 0.5) is 5.69 Å². The zero-order valence-electron chi connectivity index (χ0n) is 10.4. The molecule has 0 unspecified atom stereocenters. The first kappa shape index (κ1) is 13.7. The van der Waals surface area contributed by atoms with E-state index in [1.165, 1.54) is 0 Å². The summed E-state index contributed by atoms with van der Waals surface area (Å²) in [5.74, 6) is 0. The van der Waals surface area contributed by atoms with Crippen molar-refractivity contribution in [3.05, 3.63) is 63.1 Å². The molecule has 0 heterocycles. The first-order valence-corrected chi connectivity index (χ1v) is 6.54. The lowest BCUT2D eigenvalue weighted by atomic mass is 10.1. The van der Waals surface area contributed by atoms with Gasteiger partial charge in [0.1, 0.15) is 0 Å². The molecule has 0 bridgehead atoms. The smallest absolute Gasteiger partial charge is 0.0992 e. The molecule has 2 rings (SSSR count). The van der Waals surface area contributed by atoms with Gasteiger partial charge in [-0.2, -0.15) is 5.26 Å². The Hall–Kier alpha value is -1.69. The van der Waals surface area contributed by atoms with Crippen LogP contribution in [0.15, 0.2) is 36.4 Å². The molecule has 0 aliphatic heterocycles.